The number of hydrogen-bond acceptors (Lipinski definition) is 2. The molecule has 1 aliphatic carbocycles. The monoisotopic (exact) mass is 431 g/mol. The third-order valence-corrected chi connectivity index (χ3v) is 3.40. The van der Waals surface area contributed by atoms with Crippen LogP contribution >= 0.6 is 24.0 Å². The summed E-state index contributed by atoms with van der Waals surface area (Å²) in [4.78, 5) is 4.69. The van der Waals surface area contributed by atoms with Crippen molar-refractivity contribution in [3.63, 3.8) is 0 Å². The molecule has 1 aliphatic rings. The number of nitrogens with one attached hydrogen (secondary N) is 2. The Morgan fingerprint density at radius 1 is 1.22 bits per heavy atom. The van der Waals surface area contributed by atoms with Crippen LogP contribution in [-0.4, -0.2) is 24.7 Å². The van der Waals surface area contributed by atoms with Crippen molar-refractivity contribution in [2.75, 3.05) is 13.1 Å². The Hall–Kier alpha value is -0.980. The van der Waals surface area contributed by atoms with Crippen molar-refractivity contribution >= 4 is 29.9 Å². The summed E-state index contributed by atoms with van der Waals surface area (Å²) in [5, 5.41) is 6.72. The Kier molecular flexibility index (Phi) is 8.16. The van der Waals surface area contributed by atoms with Gasteiger partial charge in [-0.05, 0) is 52.5 Å². The number of para-hydroxylation sites is 1. The summed E-state index contributed by atoms with van der Waals surface area (Å²) in [5.41, 5.74) is 0.912. The topological polar surface area (TPSA) is 45.7 Å². The summed E-state index contributed by atoms with van der Waals surface area (Å²) in [5.74, 6) is 2.64. The Morgan fingerprint density at radius 2 is 1.91 bits per heavy atom. The summed E-state index contributed by atoms with van der Waals surface area (Å²) in [6, 6.07) is 8.13. The maximum Gasteiger partial charge on any atom is 0.191 e. The highest BCUT2D eigenvalue weighted by Gasteiger charge is 2.21. The van der Waals surface area contributed by atoms with Crippen molar-refractivity contribution in [2.24, 2.45) is 10.9 Å². The molecule has 1 saturated carbocycles. The van der Waals surface area contributed by atoms with Gasteiger partial charge in [0.15, 0.2) is 5.96 Å². The Balaban J connectivity index is 0.00000264. The second-order valence-corrected chi connectivity index (χ2v) is 6.84. The SMILES string of the molecule is CCNC(=NCc1ccccc1OC(C)(C)C)NCC1CC1.I. The Morgan fingerprint density at radius 3 is 2.52 bits per heavy atom. The van der Waals surface area contributed by atoms with E-state index in [1.165, 1.54) is 12.8 Å². The highest BCUT2D eigenvalue weighted by Crippen LogP contribution is 2.27. The zero-order chi connectivity index (χ0) is 16.0. The second kappa shape index (κ2) is 9.35. The Bertz CT molecular complexity index is 507. The van der Waals surface area contributed by atoms with Crippen molar-refractivity contribution in [1.29, 1.82) is 0 Å². The van der Waals surface area contributed by atoms with Crippen LogP contribution in [0.2, 0.25) is 0 Å². The minimum Gasteiger partial charge on any atom is -0.488 e. The summed E-state index contributed by atoms with van der Waals surface area (Å²) < 4.78 is 6.02. The van der Waals surface area contributed by atoms with Crippen LogP contribution in [0.1, 0.15) is 46.1 Å². The molecule has 0 aliphatic heterocycles. The summed E-state index contributed by atoms with van der Waals surface area (Å²) >= 11 is 0. The zero-order valence-corrected chi connectivity index (χ0v) is 17.0. The van der Waals surface area contributed by atoms with Crippen LogP contribution in [0.15, 0.2) is 29.3 Å². The molecule has 0 saturated heterocycles. The van der Waals surface area contributed by atoms with E-state index in [0.29, 0.717) is 6.54 Å². The van der Waals surface area contributed by atoms with Gasteiger partial charge in [-0.25, -0.2) is 4.99 Å². The average molecular weight is 431 g/mol. The van der Waals surface area contributed by atoms with E-state index in [-0.39, 0.29) is 29.6 Å². The van der Waals surface area contributed by atoms with E-state index in [2.05, 4.69) is 49.4 Å². The molecule has 4 nitrogen and oxygen atoms in total. The van der Waals surface area contributed by atoms with Gasteiger partial charge in [0.05, 0.1) is 6.54 Å². The van der Waals surface area contributed by atoms with Gasteiger partial charge in [-0.2, -0.15) is 0 Å². The number of guanidine groups is 1. The minimum absolute atomic E-state index is 0. The van der Waals surface area contributed by atoms with Crippen LogP contribution in [0, 0.1) is 5.92 Å². The van der Waals surface area contributed by atoms with Crippen LogP contribution in [-0.2, 0) is 6.54 Å². The van der Waals surface area contributed by atoms with E-state index >= 15 is 0 Å². The maximum atomic E-state index is 6.02. The number of rotatable bonds is 6. The Labute approximate surface area is 157 Å². The van der Waals surface area contributed by atoms with Crippen molar-refractivity contribution in [1.82, 2.24) is 10.6 Å². The molecule has 1 aromatic carbocycles. The first-order valence-electron chi connectivity index (χ1n) is 8.27. The van der Waals surface area contributed by atoms with Gasteiger partial charge in [-0.15, -0.1) is 24.0 Å². The number of benzene rings is 1. The van der Waals surface area contributed by atoms with Gasteiger partial charge in [0.25, 0.3) is 0 Å². The first kappa shape index (κ1) is 20.1. The smallest absolute Gasteiger partial charge is 0.191 e. The van der Waals surface area contributed by atoms with E-state index in [1.54, 1.807) is 0 Å². The van der Waals surface area contributed by atoms with E-state index < -0.39 is 0 Å². The normalized spacial score (nSPS) is 14.9. The quantitative estimate of drug-likeness (QED) is 0.408. The fourth-order valence-electron chi connectivity index (χ4n) is 2.13. The number of halogens is 1. The third kappa shape index (κ3) is 7.90. The summed E-state index contributed by atoms with van der Waals surface area (Å²) in [7, 11) is 0. The molecule has 5 heteroatoms. The molecule has 0 amide bonds. The molecule has 0 atom stereocenters. The van der Waals surface area contributed by atoms with Gasteiger partial charge in [0.2, 0.25) is 0 Å². The third-order valence-electron chi connectivity index (χ3n) is 3.40. The lowest BCUT2D eigenvalue weighted by atomic mass is 10.1. The van der Waals surface area contributed by atoms with E-state index in [9.17, 15) is 0 Å². The van der Waals surface area contributed by atoms with E-state index in [1.807, 2.05) is 18.2 Å². The van der Waals surface area contributed by atoms with Gasteiger partial charge < -0.3 is 15.4 Å². The van der Waals surface area contributed by atoms with Gasteiger partial charge in [-0.1, -0.05) is 18.2 Å². The second-order valence-electron chi connectivity index (χ2n) is 6.84. The summed E-state index contributed by atoms with van der Waals surface area (Å²) in [6.45, 7) is 10.8. The lowest BCUT2D eigenvalue weighted by Gasteiger charge is -2.23. The highest BCUT2D eigenvalue weighted by molar-refractivity contribution is 14.0. The fraction of sp³-hybridized carbons (Fsp3) is 0.611. The molecule has 0 bridgehead atoms. The standard InChI is InChI=1S/C18H29N3O.HI/c1-5-19-17(20-12-14-10-11-14)21-13-15-8-6-7-9-16(15)22-18(2,3)4;/h6-9,14H,5,10-13H2,1-4H3,(H2,19,20,21);1H. The molecule has 0 heterocycles. The molecule has 1 fully saturated rings. The van der Waals surface area contributed by atoms with Crippen LogP contribution in [0.5, 0.6) is 5.75 Å². The number of aliphatic imine (C=N–C) groups is 1. The molecular formula is C18H30IN3O. The molecule has 130 valence electrons. The predicted octanol–water partition coefficient (Wildman–Crippen LogP) is 3.95. The largest absolute Gasteiger partial charge is 0.488 e. The molecule has 0 radical (unpaired) electrons. The molecule has 0 aromatic heterocycles. The lowest BCUT2D eigenvalue weighted by molar-refractivity contribution is 0.129. The van der Waals surface area contributed by atoms with Crippen LogP contribution < -0.4 is 15.4 Å². The zero-order valence-electron chi connectivity index (χ0n) is 14.7. The van der Waals surface area contributed by atoms with Crippen LogP contribution in [0.4, 0.5) is 0 Å². The van der Waals surface area contributed by atoms with Crippen LogP contribution in [0.3, 0.4) is 0 Å². The van der Waals surface area contributed by atoms with E-state index in [4.69, 9.17) is 4.74 Å². The molecule has 0 unspecified atom stereocenters. The van der Waals surface area contributed by atoms with Gasteiger partial charge in [-0.3, -0.25) is 0 Å². The highest BCUT2D eigenvalue weighted by atomic mass is 127. The molecule has 1 aromatic rings. The van der Waals surface area contributed by atoms with Crippen LogP contribution in [0.25, 0.3) is 0 Å². The van der Waals surface area contributed by atoms with Gasteiger partial charge in [0.1, 0.15) is 11.4 Å². The predicted molar refractivity (Wildman–Crippen MR) is 108 cm³/mol. The summed E-state index contributed by atoms with van der Waals surface area (Å²) in [6.07, 6.45) is 2.68. The molecular weight excluding hydrogens is 401 g/mol. The number of ether oxygens (including phenoxy) is 1. The van der Waals surface area contributed by atoms with Crippen molar-refractivity contribution in [2.45, 2.75) is 52.7 Å². The molecule has 2 N–H and O–H groups in total. The molecule has 0 spiro atoms. The van der Waals surface area contributed by atoms with E-state index in [0.717, 1.165) is 36.3 Å². The molecule has 23 heavy (non-hydrogen) atoms. The number of hydrogen-bond donors (Lipinski definition) is 2. The van der Waals surface area contributed by atoms with Crippen molar-refractivity contribution < 1.29 is 4.74 Å². The maximum absolute atomic E-state index is 6.02. The van der Waals surface area contributed by atoms with Gasteiger partial charge in [0, 0.05) is 18.7 Å². The van der Waals surface area contributed by atoms with Gasteiger partial charge >= 0.3 is 0 Å². The first-order chi connectivity index (χ1) is 10.5. The lowest BCUT2D eigenvalue weighted by Crippen LogP contribution is -2.38. The minimum atomic E-state index is -0.200. The molecule has 2 rings (SSSR count). The number of nitrogens with zero attached hydrogens (tertiary/aromatic N) is 1. The fourth-order valence-corrected chi connectivity index (χ4v) is 2.13. The van der Waals surface area contributed by atoms with Crippen molar-refractivity contribution in [3.8, 4) is 5.75 Å². The first-order valence-corrected chi connectivity index (χ1v) is 8.27. The van der Waals surface area contributed by atoms with Crippen molar-refractivity contribution in [3.05, 3.63) is 29.8 Å². The average Bonchev–Trinajstić information content (AvgIpc) is 3.26.